The van der Waals surface area contributed by atoms with Crippen molar-refractivity contribution in [3.8, 4) is 0 Å². The van der Waals surface area contributed by atoms with Gasteiger partial charge in [-0.3, -0.25) is 9.59 Å². The minimum atomic E-state index is -1.22. The molecule has 0 unspecified atom stereocenters. The summed E-state index contributed by atoms with van der Waals surface area (Å²) in [6, 6.07) is 9.69. The second-order valence-electron chi connectivity index (χ2n) is 5.85. The first-order valence-corrected chi connectivity index (χ1v) is 8.08. The maximum absolute atomic E-state index is 12.1. The van der Waals surface area contributed by atoms with Gasteiger partial charge in [-0.2, -0.15) is 0 Å². The van der Waals surface area contributed by atoms with E-state index >= 15 is 0 Å². The predicted octanol–water partition coefficient (Wildman–Crippen LogP) is 1.33. The molecular formula is C17H22BNO5. The minimum absolute atomic E-state index is 0.171. The van der Waals surface area contributed by atoms with Crippen LogP contribution in [0, 0.1) is 0 Å². The summed E-state index contributed by atoms with van der Waals surface area (Å²) in [5.41, 5.74) is 1.07. The molecule has 0 aliphatic carbocycles. The number of benzene rings is 1. The number of carboxylic acid groups (broad SMARTS) is 1. The van der Waals surface area contributed by atoms with Crippen molar-refractivity contribution in [2.24, 2.45) is 0 Å². The van der Waals surface area contributed by atoms with Crippen molar-refractivity contribution < 1.29 is 24.4 Å². The van der Waals surface area contributed by atoms with E-state index < -0.39 is 25.1 Å². The summed E-state index contributed by atoms with van der Waals surface area (Å²) >= 11 is 0. The Morgan fingerprint density at radius 2 is 1.92 bits per heavy atom. The third-order valence-corrected chi connectivity index (χ3v) is 3.86. The van der Waals surface area contributed by atoms with Gasteiger partial charge < -0.3 is 20.1 Å². The zero-order chi connectivity index (χ0) is 17.4. The molecule has 1 amide bonds. The van der Waals surface area contributed by atoms with Crippen molar-refractivity contribution in [2.75, 3.05) is 0 Å². The van der Waals surface area contributed by atoms with Crippen molar-refractivity contribution in [1.29, 1.82) is 0 Å². The molecule has 0 saturated heterocycles. The van der Waals surface area contributed by atoms with Gasteiger partial charge in [0.1, 0.15) is 0 Å². The lowest BCUT2D eigenvalue weighted by Gasteiger charge is -2.25. The van der Waals surface area contributed by atoms with Crippen molar-refractivity contribution in [1.82, 2.24) is 5.32 Å². The Bertz CT molecular complexity index is 578. The van der Waals surface area contributed by atoms with Crippen LogP contribution in [0.25, 0.3) is 0 Å². The summed E-state index contributed by atoms with van der Waals surface area (Å²) in [5.74, 6) is -1.74. The fourth-order valence-electron chi connectivity index (χ4n) is 2.59. The van der Waals surface area contributed by atoms with E-state index in [-0.39, 0.29) is 12.3 Å². The summed E-state index contributed by atoms with van der Waals surface area (Å²) in [4.78, 5) is 22.9. The Morgan fingerprint density at radius 3 is 2.62 bits per heavy atom. The van der Waals surface area contributed by atoms with Crippen LogP contribution in [0.3, 0.4) is 0 Å². The van der Waals surface area contributed by atoms with Crippen LogP contribution in [0.5, 0.6) is 0 Å². The van der Waals surface area contributed by atoms with Gasteiger partial charge in [0.05, 0.1) is 18.5 Å². The molecule has 0 spiro atoms. The highest BCUT2D eigenvalue weighted by Gasteiger charge is 2.31. The molecule has 2 atom stereocenters. The smallest absolute Gasteiger partial charge is 0.478 e. The third-order valence-electron chi connectivity index (χ3n) is 3.86. The van der Waals surface area contributed by atoms with Gasteiger partial charge in [-0.25, -0.2) is 0 Å². The highest BCUT2D eigenvalue weighted by Crippen LogP contribution is 2.14. The molecule has 1 aromatic rings. The number of aryl methyl sites for hydroxylation is 1. The topological polar surface area (TPSA) is 95.9 Å². The summed E-state index contributed by atoms with van der Waals surface area (Å²) in [6.45, 7) is 0. The average Bonchev–Trinajstić information content (AvgIpc) is 2.54. The third kappa shape index (κ3) is 6.18. The number of carbonyl (C=O) groups excluding carboxylic acids is 1. The molecule has 0 radical (unpaired) electrons. The van der Waals surface area contributed by atoms with Crippen molar-refractivity contribution in [3.63, 3.8) is 0 Å². The van der Waals surface area contributed by atoms with E-state index in [1.807, 2.05) is 42.5 Å². The van der Waals surface area contributed by atoms with Crippen LogP contribution >= 0.6 is 0 Å². The maximum atomic E-state index is 12.1. The Hall–Kier alpha value is -2.12. The molecule has 0 aromatic heterocycles. The maximum Gasteiger partial charge on any atom is 0.478 e. The summed E-state index contributed by atoms with van der Waals surface area (Å²) < 4.78 is 5.39. The fourth-order valence-corrected chi connectivity index (χ4v) is 2.59. The second-order valence-corrected chi connectivity index (χ2v) is 5.85. The zero-order valence-electron chi connectivity index (χ0n) is 13.4. The number of hydrogen-bond acceptors (Lipinski definition) is 4. The normalized spacial score (nSPS) is 22.3. The molecule has 1 aromatic carbocycles. The molecule has 3 N–H and O–H groups in total. The SMILES string of the molecule is O=C(O)C[C@@H]1C/C=C\C[C@H](NC(=O)CCc2ccccc2)B(O)O1. The van der Waals surface area contributed by atoms with Crippen LogP contribution in [0.1, 0.15) is 31.2 Å². The van der Waals surface area contributed by atoms with E-state index in [9.17, 15) is 14.6 Å². The van der Waals surface area contributed by atoms with Crippen molar-refractivity contribution in [3.05, 3.63) is 48.0 Å². The Morgan fingerprint density at radius 1 is 1.21 bits per heavy atom. The van der Waals surface area contributed by atoms with Crippen LogP contribution in [-0.4, -0.2) is 41.2 Å². The molecule has 0 saturated carbocycles. The van der Waals surface area contributed by atoms with E-state index in [4.69, 9.17) is 9.76 Å². The monoisotopic (exact) mass is 331 g/mol. The summed E-state index contributed by atoms with van der Waals surface area (Å²) in [6.07, 6.45) is 4.68. The first kappa shape index (κ1) is 18.2. The molecule has 1 aliphatic rings. The molecular weight excluding hydrogens is 309 g/mol. The number of hydrogen-bond donors (Lipinski definition) is 3. The van der Waals surface area contributed by atoms with E-state index in [2.05, 4.69) is 5.32 Å². The Balaban J connectivity index is 1.85. The number of nitrogens with one attached hydrogen (secondary N) is 1. The molecule has 1 aliphatic heterocycles. The van der Waals surface area contributed by atoms with Gasteiger partial charge in [-0.15, -0.1) is 0 Å². The van der Waals surface area contributed by atoms with Crippen LogP contribution in [0.15, 0.2) is 42.5 Å². The summed E-state index contributed by atoms with van der Waals surface area (Å²) in [5, 5.41) is 21.7. The van der Waals surface area contributed by atoms with Gasteiger partial charge in [0.15, 0.2) is 0 Å². The fraction of sp³-hybridized carbons (Fsp3) is 0.412. The standard InChI is InChI=1S/C17H22BNO5/c20-16(11-10-13-6-2-1-3-7-13)19-15-9-5-4-8-14(12-17(21)22)24-18(15)23/h1-7,14-15,23H,8-12H2,(H,19,20)(H,21,22)/b5-4-/t14-,15-/m0/s1. The minimum Gasteiger partial charge on any atom is -0.481 e. The average molecular weight is 331 g/mol. The van der Waals surface area contributed by atoms with Gasteiger partial charge in [0, 0.05) is 6.42 Å². The molecule has 24 heavy (non-hydrogen) atoms. The number of aliphatic carboxylic acids is 1. The quantitative estimate of drug-likeness (QED) is 0.540. The largest absolute Gasteiger partial charge is 0.481 e. The van der Waals surface area contributed by atoms with Gasteiger partial charge in [-0.05, 0) is 24.8 Å². The molecule has 0 fully saturated rings. The molecule has 1 heterocycles. The lowest BCUT2D eigenvalue weighted by atomic mass is 9.75. The van der Waals surface area contributed by atoms with Crippen LogP contribution in [-0.2, 0) is 20.7 Å². The van der Waals surface area contributed by atoms with Gasteiger partial charge >= 0.3 is 13.1 Å². The Kier molecular flexibility index (Phi) is 7.02. The van der Waals surface area contributed by atoms with Crippen molar-refractivity contribution >= 4 is 19.0 Å². The van der Waals surface area contributed by atoms with Gasteiger partial charge in [0.25, 0.3) is 0 Å². The lowest BCUT2D eigenvalue weighted by molar-refractivity contribution is -0.139. The van der Waals surface area contributed by atoms with Crippen LogP contribution in [0.4, 0.5) is 0 Å². The number of rotatable bonds is 6. The zero-order valence-corrected chi connectivity index (χ0v) is 13.4. The Labute approximate surface area is 141 Å². The first-order valence-electron chi connectivity index (χ1n) is 8.08. The van der Waals surface area contributed by atoms with Gasteiger partial charge in [0.2, 0.25) is 5.91 Å². The molecule has 128 valence electrons. The molecule has 2 rings (SSSR count). The van der Waals surface area contributed by atoms with Gasteiger partial charge in [-0.1, -0.05) is 42.5 Å². The van der Waals surface area contributed by atoms with Crippen LogP contribution in [0.2, 0.25) is 0 Å². The highest BCUT2D eigenvalue weighted by atomic mass is 16.5. The van der Waals surface area contributed by atoms with E-state index in [0.29, 0.717) is 25.7 Å². The van der Waals surface area contributed by atoms with E-state index in [1.165, 1.54) is 0 Å². The van der Waals surface area contributed by atoms with E-state index in [1.54, 1.807) is 0 Å². The molecule has 6 nitrogen and oxygen atoms in total. The molecule has 0 bridgehead atoms. The van der Waals surface area contributed by atoms with Crippen LogP contribution < -0.4 is 5.32 Å². The highest BCUT2D eigenvalue weighted by molar-refractivity contribution is 6.45. The predicted molar refractivity (Wildman–Crippen MR) is 90.2 cm³/mol. The first-order chi connectivity index (χ1) is 11.5. The second kappa shape index (κ2) is 9.25. The van der Waals surface area contributed by atoms with E-state index in [0.717, 1.165) is 5.56 Å². The number of amides is 1. The summed E-state index contributed by atoms with van der Waals surface area (Å²) in [7, 11) is -1.22. The molecule has 7 heteroatoms. The van der Waals surface area contributed by atoms with Crippen molar-refractivity contribution in [2.45, 2.75) is 44.1 Å². The lowest BCUT2D eigenvalue weighted by Crippen LogP contribution is -2.49. The number of carboxylic acids is 1. The number of carbonyl (C=O) groups is 2.